The summed E-state index contributed by atoms with van der Waals surface area (Å²) in [6, 6.07) is 5.33. The summed E-state index contributed by atoms with van der Waals surface area (Å²) in [6.45, 7) is 0. The first kappa shape index (κ1) is 9.49. The van der Waals surface area contributed by atoms with E-state index in [0.717, 1.165) is 5.56 Å². The second-order valence-electron chi connectivity index (χ2n) is 2.80. The predicted molar refractivity (Wildman–Crippen MR) is 53.6 cm³/mol. The van der Waals surface area contributed by atoms with Gasteiger partial charge in [0, 0.05) is 16.5 Å². The Morgan fingerprint density at radius 2 is 1.86 bits per heavy atom. The van der Waals surface area contributed by atoms with Crippen LogP contribution in [-0.2, 0) is 6.42 Å². The molecule has 0 aliphatic rings. The summed E-state index contributed by atoms with van der Waals surface area (Å²) in [4.78, 5) is 3.91. The van der Waals surface area contributed by atoms with Crippen LogP contribution in [0.3, 0.4) is 0 Å². The van der Waals surface area contributed by atoms with Crippen LogP contribution in [0.4, 0.5) is 0 Å². The fourth-order valence-corrected chi connectivity index (χ4v) is 1.74. The number of hydrogen-bond donors (Lipinski definition) is 0. The standard InChI is InChI=1S/C9H6Cl2N2O/c10-7-1-6(2-8(11)4-7)3-9-12-5-14-13-9/h1-2,4-5H,3H2. The van der Waals surface area contributed by atoms with Crippen molar-refractivity contribution >= 4 is 23.2 Å². The molecule has 3 nitrogen and oxygen atoms in total. The van der Waals surface area contributed by atoms with Crippen LogP contribution in [0.2, 0.25) is 10.0 Å². The van der Waals surface area contributed by atoms with E-state index in [1.54, 1.807) is 6.07 Å². The van der Waals surface area contributed by atoms with Gasteiger partial charge in [-0.05, 0) is 23.8 Å². The molecule has 0 amide bonds. The van der Waals surface area contributed by atoms with E-state index in [1.165, 1.54) is 6.39 Å². The zero-order valence-electron chi connectivity index (χ0n) is 7.08. The maximum absolute atomic E-state index is 5.84. The van der Waals surface area contributed by atoms with Crippen molar-refractivity contribution in [3.05, 3.63) is 46.0 Å². The lowest BCUT2D eigenvalue weighted by molar-refractivity contribution is 0.411. The van der Waals surface area contributed by atoms with Gasteiger partial charge < -0.3 is 4.52 Å². The summed E-state index contributed by atoms with van der Waals surface area (Å²) in [5, 5.41) is 4.91. The third-order valence-electron chi connectivity index (χ3n) is 1.69. The first-order chi connectivity index (χ1) is 6.74. The van der Waals surface area contributed by atoms with E-state index >= 15 is 0 Å². The number of aromatic nitrogens is 2. The van der Waals surface area contributed by atoms with Gasteiger partial charge in [-0.2, -0.15) is 4.98 Å². The van der Waals surface area contributed by atoms with Crippen molar-refractivity contribution in [2.24, 2.45) is 0 Å². The summed E-state index contributed by atoms with van der Waals surface area (Å²) < 4.78 is 4.62. The van der Waals surface area contributed by atoms with Crippen LogP contribution in [-0.4, -0.2) is 10.1 Å². The van der Waals surface area contributed by atoms with E-state index in [9.17, 15) is 0 Å². The number of rotatable bonds is 2. The molecular weight excluding hydrogens is 223 g/mol. The van der Waals surface area contributed by atoms with Crippen molar-refractivity contribution in [1.29, 1.82) is 0 Å². The van der Waals surface area contributed by atoms with E-state index in [2.05, 4.69) is 14.7 Å². The molecule has 0 bridgehead atoms. The third kappa shape index (κ3) is 2.25. The molecule has 14 heavy (non-hydrogen) atoms. The van der Waals surface area contributed by atoms with Gasteiger partial charge in [0.05, 0.1) is 0 Å². The number of halogens is 2. The molecule has 1 heterocycles. The maximum Gasteiger partial charge on any atom is 0.213 e. The molecular formula is C9H6Cl2N2O. The maximum atomic E-state index is 5.84. The average molecular weight is 229 g/mol. The molecule has 72 valence electrons. The summed E-state index contributed by atoms with van der Waals surface area (Å²) in [6.07, 6.45) is 1.86. The van der Waals surface area contributed by atoms with E-state index in [-0.39, 0.29) is 0 Å². The zero-order valence-corrected chi connectivity index (χ0v) is 8.59. The Morgan fingerprint density at radius 3 is 2.43 bits per heavy atom. The molecule has 0 aliphatic carbocycles. The molecule has 0 N–H and O–H groups in total. The van der Waals surface area contributed by atoms with Crippen LogP contribution >= 0.6 is 23.2 Å². The lowest BCUT2D eigenvalue weighted by Crippen LogP contribution is -1.90. The van der Waals surface area contributed by atoms with Crippen LogP contribution in [0.5, 0.6) is 0 Å². The Bertz CT molecular complexity index is 408. The van der Waals surface area contributed by atoms with Crippen LogP contribution in [0.15, 0.2) is 29.1 Å². The number of nitrogens with zero attached hydrogens (tertiary/aromatic N) is 2. The first-order valence-electron chi connectivity index (χ1n) is 3.94. The van der Waals surface area contributed by atoms with Gasteiger partial charge in [0.15, 0.2) is 5.82 Å². The smallest absolute Gasteiger partial charge is 0.213 e. The summed E-state index contributed by atoms with van der Waals surface area (Å²) in [5.74, 6) is 0.614. The van der Waals surface area contributed by atoms with E-state index < -0.39 is 0 Å². The molecule has 2 aromatic rings. The molecule has 1 aromatic heterocycles. The van der Waals surface area contributed by atoms with E-state index in [1.807, 2.05) is 12.1 Å². The molecule has 5 heteroatoms. The minimum absolute atomic E-state index is 0.566. The third-order valence-corrected chi connectivity index (χ3v) is 2.13. The number of hydrogen-bond acceptors (Lipinski definition) is 3. The summed E-state index contributed by atoms with van der Waals surface area (Å²) >= 11 is 11.7. The molecule has 0 radical (unpaired) electrons. The molecule has 0 fully saturated rings. The van der Waals surface area contributed by atoms with Crippen molar-refractivity contribution in [3.63, 3.8) is 0 Å². The fraction of sp³-hybridized carbons (Fsp3) is 0.111. The quantitative estimate of drug-likeness (QED) is 0.794. The van der Waals surface area contributed by atoms with E-state index in [0.29, 0.717) is 22.3 Å². The lowest BCUT2D eigenvalue weighted by Gasteiger charge is -1.99. The summed E-state index contributed by atoms with van der Waals surface area (Å²) in [5.41, 5.74) is 0.962. The lowest BCUT2D eigenvalue weighted by atomic mass is 10.1. The van der Waals surface area contributed by atoms with Crippen molar-refractivity contribution < 1.29 is 4.52 Å². The normalized spacial score (nSPS) is 10.4. The van der Waals surface area contributed by atoms with Crippen LogP contribution in [0.1, 0.15) is 11.4 Å². The monoisotopic (exact) mass is 228 g/mol. The molecule has 0 spiro atoms. The molecule has 0 saturated heterocycles. The van der Waals surface area contributed by atoms with Gasteiger partial charge in [0.1, 0.15) is 0 Å². The second kappa shape index (κ2) is 3.98. The van der Waals surface area contributed by atoms with Gasteiger partial charge in [-0.15, -0.1) is 0 Å². The van der Waals surface area contributed by atoms with E-state index in [4.69, 9.17) is 23.2 Å². The highest BCUT2D eigenvalue weighted by atomic mass is 35.5. The largest absolute Gasteiger partial charge is 0.343 e. The Kier molecular flexibility index (Phi) is 2.70. The fourth-order valence-electron chi connectivity index (χ4n) is 1.17. The Hall–Kier alpha value is -1.06. The molecule has 0 atom stereocenters. The molecule has 0 unspecified atom stereocenters. The van der Waals surface area contributed by atoms with Crippen LogP contribution < -0.4 is 0 Å². The number of benzene rings is 1. The van der Waals surface area contributed by atoms with Gasteiger partial charge in [-0.3, -0.25) is 0 Å². The topological polar surface area (TPSA) is 38.9 Å². The van der Waals surface area contributed by atoms with Crippen molar-refractivity contribution in [2.45, 2.75) is 6.42 Å². The van der Waals surface area contributed by atoms with Gasteiger partial charge >= 0.3 is 0 Å². The van der Waals surface area contributed by atoms with Crippen LogP contribution in [0.25, 0.3) is 0 Å². The molecule has 1 aromatic carbocycles. The highest BCUT2D eigenvalue weighted by Crippen LogP contribution is 2.20. The first-order valence-corrected chi connectivity index (χ1v) is 4.70. The predicted octanol–water partition coefficient (Wildman–Crippen LogP) is 2.97. The van der Waals surface area contributed by atoms with Crippen molar-refractivity contribution in [2.75, 3.05) is 0 Å². The Morgan fingerprint density at radius 1 is 1.14 bits per heavy atom. The van der Waals surface area contributed by atoms with Crippen molar-refractivity contribution in [3.8, 4) is 0 Å². The molecule has 0 saturated carbocycles. The van der Waals surface area contributed by atoms with Gasteiger partial charge in [0.25, 0.3) is 0 Å². The van der Waals surface area contributed by atoms with Gasteiger partial charge in [-0.25, -0.2) is 0 Å². The highest BCUT2D eigenvalue weighted by molar-refractivity contribution is 6.34. The average Bonchev–Trinajstić information content (AvgIpc) is 2.54. The van der Waals surface area contributed by atoms with Gasteiger partial charge in [-0.1, -0.05) is 28.4 Å². The minimum Gasteiger partial charge on any atom is -0.343 e. The van der Waals surface area contributed by atoms with Crippen LogP contribution in [0, 0.1) is 0 Å². The van der Waals surface area contributed by atoms with Gasteiger partial charge in [0.2, 0.25) is 6.39 Å². The molecule has 2 rings (SSSR count). The Labute approximate surface area is 90.6 Å². The highest BCUT2D eigenvalue weighted by Gasteiger charge is 2.03. The second-order valence-corrected chi connectivity index (χ2v) is 3.67. The minimum atomic E-state index is 0.566. The molecule has 0 aliphatic heterocycles. The SMILES string of the molecule is Clc1cc(Cl)cc(Cc2ncon2)c1. The zero-order chi connectivity index (χ0) is 9.97. The Balaban J connectivity index is 2.25. The van der Waals surface area contributed by atoms with Crippen molar-refractivity contribution in [1.82, 2.24) is 10.1 Å². The summed E-state index contributed by atoms with van der Waals surface area (Å²) in [7, 11) is 0.